The van der Waals surface area contributed by atoms with Gasteiger partial charge in [0.2, 0.25) is 6.71 Å². The molecule has 1 aliphatic rings. The molecule has 0 aliphatic carbocycles. The average molecular weight is 290 g/mol. The first-order valence-electron chi connectivity index (χ1n) is 8.69. The van der Waals surface area contributed by atoms with E-state index in [-0.39, 0.29) is 0 Å². The number of fused-ring (bicyclic) bond motifs is 3. The molecule has 0 radical (unpaired) electrons. The molecule has 1 aliphatic heterocycles. The fraction of sp³-hybridized carbons (Fsp3) is 0.429. The molecule has 0 aromatic heterocycles. The molecule has 0 atom stereocenters. The van der Waals surface area contributed by atoms with Crippen LogP contribution >= 0.6 is 0 Å². The van der Waals surface area contributed by atoms with Crippen LogP contribution < -0.4 is 10.9 Å². The van der Waals surface area contributed by atoms with E-state index in [4.69, 9.17) is 0 Å². The van der Waals surface area contributed by atoms with E-state index in [0.29, 0.717) is 24.4 Å². The molecule has 0 spiro atoms. The Hall–Kier alpha value is -1.50. The van der Waals surface area contributed by atoms with Gasteiger partial charge in [-0.15, -0.1) is 0 Å². The summed E-state index contributed by atoms with van der Waals surface area (Å²) in [6.07, 6.45) is 0. The van der Waals surface area contributed by atoms with Crippen LogP contribution in [0.5, 0.6) is 0 Å². The molecule has 2 aromatic rings. The maximum Gasteiger partial charge on any atom is 0.213 e. The Morgan fingerprint density at radius 3 is 2.00 bits per heavy atom. The summed E-state index contributed by atoms with van der Waals surface area (Å²) >= 11 is 0. The highest BCUT2D eigenvalue weighted by molar-refractivity contribution is 6.90. The van der Waals surface area contributed by atoms with Crippen LogP contribution in [0.2, 0.25) is 5.82 Å². The summed E-state index contributed by atoms with van der Waals surface area (Å²) in [4.78, 5) is 0. The number of hydrogen-bond acceptors (Lipinski definition) is 0. The highest BCUT2D eigenvalue weighted by atomic mass is 14.3. The van der Waals surface area contributed by atoms with Crippen LogP contribution in [0.3, 0.4) is 0 Å². The van der Waals surface area contributed by atoms with Crippen molar-refractivity contribution in [3.63, 3.8) is 0 Å². The van der Waals surface area contributed by atoms with Gasteiger partial charge in [-0.05, 0) is 34.1 Å². The molecule has 0 saturated heterocycles. The lowest BCUT2D eigenvalue weighted by Gasteiger charge is -2.24. The van der Waals surface area contributed by atoms with Gasteiger partial charge in [-0.25, -0.2) is 0 Å². The fourth-order valence-electron chi connectivity index (χ4n) is 4.23. The van der Waals surface area contributed by atoms with Crippen LogP contribution in [-0.4, -0.2) is 6.71 Å². The van der Waals surface area contributed by atoms with E-state index in [1.165, 1.54) is 22.2 Å². The molecule has 114 valence electrons. The Kier molecular flexibility index (Phi) is 3.93. The number of benzene rings is 2. The lowest BCUT2D eigenvalue weighted by atomic mass is 9.35. The summed E-state index contributed by atoms with van der Waals surface area (Å²) in [5, 5.41) is 0. The summed E-state index contributed by atoms with van der Waals surface area (Å²) < 4.78 is 0. The van der Waals surface area contributed by atoms with Crippen molar-refractivity contribution in [3.8, 4) is 11.1 Å². The van der Waals surface area contributed by atoms with Gasteiger partial charge in [-0.2, -0.15) is 0 Å². The van der Waals surface area contributed by atoms with E-state index in [2.05, 4.69) is 77.9 Å². The van der Waals surface area contributed by atoms with Crippen LogP contribution in [0.25, 0.3) is 11.1 Å². The summed E-state index contributed by atoms with van der Waals surface area (Å²) in [7, 11) is 0. The fourth-order valence-corrected chi connectivity index (χ4v) is 4.23. The van der Waals surface area contributed by atoms with Gasteiger partial charge in [-0.3, -0.25) is 0 Å². The minimum atomic E-state index is 0.544. The lowest BCUT2D eigenvalue weighted by Crippen LogP contribution is -2.43. The second-order valence-corrected chi connectivity index (χ2v) is 7.65. The first-order valence-corrected chi connectivity index (χ1v) is 8.69. The molecule has 3 rings (SSSR count). The molecule has 0 saturated carbocycles. The molecule has 0 unspecified atom stereocenters. The van der Waals surface area contributed by atoms with Gasteiger partial charge in [-0.1, -0.05) is 94.7 Å². The number of hydrogen-bond donors (Lipinski definition) is 0. The topological polar surface area (TPSA) is 0 Å². The molecule has 22 heavy (non-hydrogen) atoms. The standard InChI is InChI=1S/C21H27B/c1-13(2)16-11-12-18-17-9-7-8-10-19(17)22(15(5)6)21(18)20(16)14(3)4/h7-15H,1-6H3. The highest BCUT2D eigenvalue weighted by Gasteiger charge is 2.37. The maximum absolute atomic E-state index is 2.37. The molecule has 0 nitrogen and oxygen atoms in total. The van der Waals surface area contributed by atoms with Crippen LogP contribution in [0.1, 0.15) is 64.5 Å². The van der Waals surface area contributed by atoms with Crippen molar-refractivity contribution in [1.82, 2.24) is 0 Å². The predicted octanol–water partition coefficient (Wildman–Crippen LogP) is 4.93. The summed E-state index contributed by atoms with van der Waals surface area (Å²) in [5.74, 6) is 1.78. The molecular formula is C21H27B. The Balaban J connectivity index is 2.35. The van der Waals surface area contributed by atoms with E-state index < -0.39 is 0 Å². The van der Waals surface area contributed by atoms with Crippen molar-refractivity contribution >= 4 is 17.6 Å². The third kappa shape index (κ3) is 2.22. The molecule has 0 N–H and O–H groups in total. The molecule has 1 heterocycles. The van der Waals surface area contributed by atoms with E-state index in [9.17, 15) is 0 Å². The van der Waals surface area contributed by atoms with Crippen LogP contribution in [0.15, 0.2) is 36.4 Å². The Bertz CT molecular complexity index is 695. The van der Waals surface area contributed by atoms with Crippen molar-refractivity contribution < 1.29 is 0 Å². The Morgan fingerprint density at radius 2 is 1.41 bits per heavy atom. The van der Waals surface area contributed by atoms with Gasteiger partial charge in [0.05, 0.1) is 0 Å². The van der Waals surface area contributed by atoms with Crippen LogP contribution in [0.4, 0.5) is 0 Å². The largest absolute Gasteiger partial charge is 0.213 e. The molecule has 0 amide bonds. The van der Waals surface area contributed by atoms with Crippen molar-refractivity contribution in [2.45, 2.75) is 59.2 Å². The Morgan fingerprint density at radius 1 is 0.727 bits per heavy atom. The summed E-state index contributed by atoms with van der Waals surface area (Å²) in [5.41, 5.74) is 9.19. The second kappa shape index (κ2) is 5.61. The van der Waals surface area contributed by atoms with Gasteiger partial charge in [0.25, 0.3) is 0 Å². The Labute approximate surface area is 136 Å². The van der Waals surface area contributed by atoms with Crippen LogP contribution in [0, 0.1) is 0 Å². The minimum absolute atomic E-state index is 0.544. The van der Waals surface area contributed by atoms with Gasteiger partial charge < -0.3 is 0 Å². The minimum Gasteiger partial charge on any atom is -0.0687 e. The molecule has 2 aromatic carbocycles. The summed E-state index contributed by atoms with van der Waals surface area (Å²) in [6, 6.07) is 13.8. The molecule has 0 fully saturated rings. The highest BCUT2D eigenvalue weighted by Crippen LogP contribution is 2.34. The van der Waals surface area contributed by atoms with Crippen LogP contribution in [-0.2, 0) is 0 Å². The van der Waals surface area contributed by atoms with Crippen molar-refractivity contribution in [2.24, 2.45) is 0 Å². The van der Waals surface area contributed by atoms with Gasteiger partial charge in [0.15, 0.2) is 0 Å². The van der Waals surface area contributed by atoms with E-state index in [1.807, 2.05) is 0 Å². The first-order chi connectivity index (χ1) is 10.4. The normalized spacial score (nSPS) is 13.2. The third-order valence-corrected chi connectivity index (χ3v) is 5.08. The van der Waals surface area contributed by atoms with E-state index >= 15 is 0 Å². The van der Waals surface area contributed by atoms with Gasteiger partial charge in [0.1, 0.15) is 0 Å². The SMILES string of the molecule is CC(C)B1c2ccccc2-c2ccc(C(C)C)c(C(C)C)c21. The van der Waals surface area contributed by atoms with Crippen molar-refractivity contribution in [2.75, 3.05) is 0 Å². The van der Waals surface area contributed by atoms with Crippen molar-refractivity contribution in [1.29, 1.82) is 0 Å². The molecular weight excluding hydrogens is 263 g/mol. The zero-order valence-corrected chi connectivity index (χ0v) is 14.8. The zero-order chi connectivity index (χ0) is 16.0. The number of rotatable bonds is 3. The first kappa shape index (κ1) is 15.4. The van der Waals surface area contributed by atoms with E-state index in [0.717, 1.165) is 0 Å². The summed E-state index contributed by atoms with van der Waals surface area (Å²) in [6.45, 7) is 14.6. The lowest BCUT2D eigenvalue weighted by molar-refractivity contribution is 0.795. The predicted molar refractivity (Wildman–Crippen MR) is 100 cm³/mol. The zero-order valence-electron chi connectivity index (χ0n) is 14.8. The maximum atomic E-state index is 2.37. The smallest absolute Gasteiger partial charge is 0.0687 e. The third-order valence-electron chi connectivity index (χ3n) is 5.08. The quantitative estimate of drug-likeness (QED) is 0.703. The van der Waals surface area contributed by atoms with E-state index in [1.54, 1.807) is 11.0 Å². The van der Waals surface area contributed by atoms with Gasteiger partial charge >= 0.3 is 0 Å². The van der Waals surface area contributed by atoms with Gasteiger partial charge in [0, 0.05) is 0 Å². The monoisotopic (exact) mass is 290 g/mol. The second-order valence-electron chi connectivity index (χ2n) is 7.65. The van der Waals surface area contributed by atoms with Crippen molar-refractivity contribution in [3.05, 3.63) is 47.5 Å². The molecule has 1 heteroatoms. The molecule has 0 bridgehead atoms. The average Bonchev–Trinajstić information content (AvgIpc) is 2.80.